The lowest BCUT2D eigenvalue weighted by Gasteiger charge is -2.30. The minimum atomic E-state index is 0.478. The van der Waals surface area contributed by atoms with E-state index in [4.69, 9.17) is 9.72 Å². The van der Waals surface area contributed by atoms with Crippen molar-refractivity contribution >= 4 is 69.2 Å². The third-order valence-electron chi connectivity index (χ3n) is 5.50. The predicted molar refractivity (Wildman–Crippen MR) is 142 cm³/mol. The summed E-state index contributed by atoms with van der Waals surface area (Å²) >= 11 is 4.58. The molecular formula is C21H27I2N7O. The number of nitrogens with zero attached hydrogens (tertiary/aromatic N) is 6. The van der Waals surface area contributed by atoms with Crippen molar-refractivity contribution < 1.29 is 4.74 Å². The number of methoxy groups -OCH3 is 1. The predicted octanol–water partition coefficient (Wildman–Crippen LogP) is 4.52. The molecule has 2 fully saturated rings. The van der Waals surface area contributed by atoms with Crippen molar-refractivity contribution in [3.05, 3.63) is 24.8 Å². The van der Waals surface area contributed by atoms with Crippen LogP contribution in [0.2, 0.25) is 0 Å². The molecule has 0 spiro atoms. The minimum Gasteiger partial charge on any atom is -0.495 e. The summed E-state index contributed by atoms with van der Waals surface area (Å²) in [5.41, 5.74) is 3.95. The summed E-state index contributed by atoms with van der Waals surface area (Å²) in [7, 11) is 1.68. The Labute approximate surface area is 210 Å². The average molecular weight is 647 g/mol. The molecule has 1 N–H and O–H groups in total. The van der Waals surface area contributed by atoms with Gasteiger partial charge in [-0.1, -0.05) is 0 Å². The van der Waals surface area contributed by atoms with Crippen LogP contribution in [-0.4, -0.2) is 54.5 Å². The fraction of sp³-hybridized carbons (Fsp3) is 0.524. The van der Waals surface area contributed by atoms with E-state index in [-0.39, 0.29) is 0 Å². The molecule has 2 aliphatic heterocycles. The minimum absolute atomic E-state index is 0.478. The van der Waals surface area contributed by atoms with E-state index in [1.807, 2.05) is 6.07 Å². The van der Waals surface area contributed by atoms with Crippen LogP contribution in [0.4, 0.5) is 17.8 Å². The molecule has 0 aliphatic carbocycles. The third-order valence-corrected chi connectivity index (χ3v) is 6.92. The Kier molecular flexibility index (Phi) is 8.02. The summed E-state index contributed by atoms with van der Waals surface area (Å²) in [6.07, 6.45) is 9.01. The second-order valence-electron chi connectivity index (χ2n) is 7.73. The van der Waals surface area contributed by atoms with Gasteiger partial charge in [-0.15, -0.1) is 0 Å². The maximum atomic E-state index is 5.55. The molecule has 1 aromatic carbocycles. The molecule has 31 heavy (non-hydrogen) atoms. The fourth-order valence-corrected chi connectivity index (χ4v) is 6.04. The second-order valence-corrected chi connectivity index (χ2v) is 10.1. The number of benzene rings is 1. The molecule has 2 aromatic rings. The normalized spacial score (nSPS) is 17.3. The lowest BCUT2D eigenvalue weighted by atomic mass is 10.1. The van der Waals surface area contributed by atoms with Gasteiger partial charge in [-0.2, -0.15) is 20.1 Å². The summed E-state index contributed by atoms with van der Waals surface area (Å²) in [5.74, 6) is 2.78. The van der Waals surface area contributed by atoms with Crippen LogP contribution < -0.4 is 20.0 Å². The molecule has 3 heterocycles. The second kappa shape index (κ2) is 10.9. The third kappa shape index (κ3) is 5.88. The van der Waals surface area contributed by atoms with Crippen LogP contribution in [-0.2, 0) is 0 Å². The van der Waals surface area contributed by atoms with Crippen molar-refractivity contribution in [3.8, 4) is 5.75 Å². The summed E-state index contributed by atoms with van der Waals surface area (Å²) in [6, 6.07) is 4.12. The number of halogens is 2. The molecule has 0 radical (unpaired) electrons. The standard InChI is InChI=1S/C21H27I2N7O/c1-31-18-15(12-16(22)13-17(18)23)14-24-28-19-25-20(29-8-4-2-5-9-29)27-21(26-19)30-10-6-3-7-11-30/h12-14H,2-11H2,1H3,(H,25,26,27,28). The van der Waals surface area contributed by atoms with Gasteiger partial charge in [0.05, 0.1) is 16.9 Å². The highest BCUT2D eigenvalue weighted by Gasteiger charge is 2.20. The van der Waals surface area contributed by atoms with Gasteiger partial charge in [-0.3, -0.25) is 0 Å². The van der Waals surface area contributed by atoms with Gasteiger partial charge in [0.15, 0.2) is 0 Å². The Morgan fingerprint density at radius 1 is 0.903 bits per heavy atom. The number of rotatable bonds is 6. The van der Waals surface area contributed by atoms with Gasteiger partial charge in [0.1, 0.15) is 5.75 Å². The Hall–Kier alpha value is -1.44. The fourth-order valence-electron chi connectivity index (χ4n) is 3.93. The van der Waals surface area contributed by atoms with Crippen molar-refractivity contribution in [1.29, 1.82) is 0 Å². The first-order valence-corrected chi connectivity index (χ1v) is 12.9. The highest BCUT2D eigenvalue weighted by molar-refractivity contribution is 14.1. The number of anilines is 3. The van der Waals surface area contributed by atoms with Crippen LogP contribution in [0.1, 0.15) is 44.1 Å². The first kappa shape index (κ1) is 22.7. The Bertz CT molecular complexity index is 892. The van der Waals surface area contributed by atoms with Crippen molar-refractivity contribution in [2.45, 2.75) is 38.5 Å². The number of hydrazone groups is 1. The number of aromatic nitrogens is 3. The number of hydrogen-bond donors (Lipinski definition) is 1. The van der Waals surface area contributed by atoms with Crippen LogP contribution in [0, 0.1) is 7.14 Å². The number of piperidine rings is 2. The highest BCUT2D eigenvalue weighted by Crippen LogP contribution is 2.27. The van der Waals surface area contributed by atoms with Gasteiger partial charge >= 0.3 is 0 Å². The van der Waals surface area contributed by atoms with Gasteiger partial charge in [0, 0.05) is 35.3 Å². The first-order chi connectivity index (χ1) is 15.1. The van der Waals surface area contributed by atoms with Crippen molar-refractivity contribution in [3.63, 3.8) is 0 Å². The highest BCUT2D eigenvalue weighted by atomic mass is 127. The molecular weight excluding hydrogens is 620 g/mol. The van der Waals surface area contributed by atoms with E-state index in [9.17, 15) is 0 Å². The van der Waals surface area contributed by atoms with Gasteiger partial charge < -0.3 is 14.5 Å². The topological polar surface area (TPSA) is 78.8 Å². The van der Waals surface area contributed by atoms with E-state index >= 15 is 0 Å². The molecule has 0 atom stereocenters. The van der Waals surface area contributed by atoms with Gasteiger partial charge in [0.25, 0.3) is 0 Å². The van der Waals surface area contributed by atoms with E-state index in [0.29, 0.717) is 5.95 Å². The smallest absolute Gasteiger partial charge is 0.250 e. The van der Waals surface area contributed by atoms with Crippen LogP contribution in [0.15, 0.2) is 17.2 Å². The van der Waals surface area contributed by atoms with Gasteiger partial charge in [-0.05, 0) is 95.8 Å². The Balaban J connectivity index is 1.58. The van der Waals surface area contributed by atoms with Crippen LogP contribution in [0.25, 0.3) is 0 Å². The van der Waals surface area contributed by atoms with E-state index in [2.05, 4.69) is 81.5 Å². The van der Waals surface area contributed by atoms with Gasteiger partial charge in [0.2, 0.25) is 17.8 Å². The summed E-state index contributed by atoms with van der Waals surface area (Å²) in [5, 5.41) is 4.42. The molecule has 0 saturated carbocycles. The van der Waals surface area contributed by atoms with Crippen molar-refractivity contribution in [2.75, 3.05) is 48.5 Å². The van der Waals surface area contributed by atoms with E-state index in [0.717, 1.165) is 56.5 Å². The SMILES string of the molecule is COc1c(I)cc(I)cc1C=NNc1nc(N2CCCCC2)nc(N2CCCCC2)n1. The van der Waals surface area contributed by atoms with Gasteiger partial charge in [-0.25, -0.2) is 5.43 Å². The summed E-state index contributed by atoms with van der Waals surface area (Å²) < 4.78 is 7.72. The number of nitrogens with one attached hydrogen (secondary N) is 1. The van der Waals surface area contributed by atoms with E-state index in [1.165, 1.54) is 38.5 Å². The van der Waals surface area contributed by atoms with E-state index < -0.39 is 0 Å². The van der Waals surface area contributed by atoms with E-state index in [1.54, 1.807) is 13.3 Å². The maximum absolute atomic E-state index is 5.55. The molecule has 4 rings (SSSR count). The first-order valence-electron chi connectivity index (χ1n) is 10.7. The molecule has 0 unspecified atom stereocenters. The molecule has 8 nitrogen and oxygen atoms in total. The largest absolute Gasteiger partial charge is 0.495 e. The Morgan fingerprint density at radius 2 is 1.48 bits per heavy atom. The lowest BCUT2D eigenvalue weighted by Crippen LogP contribution is -2.34. The monoisotopic (exact) mass is 647 g/mol. The molecule has 2 saturated heterocycles. The number of hydrogen-bond acceptors (Lipinski definition) is 8. The Morgan fingerprint density at radius 3 is 2.03 bits per heavy atom. The quantitative estimate of drug-likeness (QED) is 0.281. The maximum Gasteiger partial charge on any atom is 0.250 e. The van der Waals surface area contributed by atoms with Crippen molar-refractivity contribution in [2.24, 2.45) is 5.10 Å². The summed E-state index contributed by atoms with van der Waals surface area (Å²) in [4.78, 5) is 18.7. The van der Waals surface area contributed by atoms with Crippen LogP contribution >= 0.6 is 45.2 Å². The molecule has 10 heteroatoms. The molecule has 0 bridgehead atoms. The van der Waals surface area contributed by atoms with Crippen molar-refractivity contribution in [1.82, 2.24) is 15.0 Å². The molecule has 166 valence electrons. The average Bonchev–Trinajstić information content (AvgIpc) is 2.80. The number of ether oxygens (including phenoxy) is 1. The lowest BCUT2D eigenvalue weighted by molar-refractivity contribution is 0.411. The molecule has 1 aromatic heterocycles. The van der Waals surface area contributed by atoms with Crippen LogP contribution in [0.3, 0.4) is 0 Å². The zero-order valence-corrected chi connectivity index (χ0v) is 22.0. The summed E-state index contributed by atoms with van der Waals surface area (Å²) in [6.45, 7) is 3.96. The molecule has 2 aliphatic rings. The zero-order valence-electron chi connectivity index (χ0n) is 17.7. The zero-order chi connectivity index (χ0) is 21.6. The van der Waals surface area contributed by atoms with Crippen LogP contribution in [0.5, 0.6) is 5.75 Å². The molecule has 0 amide bonds.